The van der Waals surface area contributed by atoms with Gasteiger partial charge in [-0.1, -0.05) is 30.3 Å². The van der Waals surface area contributed by atoms with E-state index < -0.39 is 0 Å². The van der Waals surface area contributed by atoms with Crippen LogP contribution in [0.3, 0.4) is 0 Å². The van der Waals surface area contributed by atoms with Crippen LogP contribution in [0.1, 0.15) is 35.6 Å². The van der Waals surface area contributed by atoms with Crippen LogP contribution in [0.4, 0.5) is 0 Å². The Bertz CT molecular complexity index is 672. The van der Waals surface area contributed by atoms with Gasteiger partial charge in [0.25, 0.3) is 0 Å². The van der Waals surface area contributed by atoms with E-state index in [0.717, 1.165) is 18.5 Å². The summed E-state index contributed by atoms with van der Waals surface area (Å²) in [5.74, 6) is 0.516. The van der Waals surface area contributed by atoms with E-state index in [9.17, 15) is 4.79 Å². The Labute approximate surface area is 143 Å². The fourth-order valence-electron chi connectivity index (χ4n) is 3.38. The van der Waals surface area contributed by atoms with Crippen molar-refractivity contribution < 1.29 is 9.53 Å². The molecule has 126 valence electrons. The second kappa shape index (κ2) is 8.06. The van der Waals surface area contributed by atoms with Gasteiger partial charge < -0.3 is 9.64 Å². The summed E-state index contributed by atoms with van der Waals surface area (Å²) in [7, 11) is 1.66. The number of benzene rings is 1. The normalized spacial score (nSPS) is 16.0. The zero-order valence-electron chi connectivity index (χ0n) is 14.1. The van der Waals surface area contributed by atoms with Crippen molar-refractivity contribution in [2.75, 3.05) is 20.3 Å². The molecule has 0 radical (unpaired) electrons. The number of pyridine rings is 1. The number of methoxy groups -OCH3 is 1. The first-order valence-electron chi connectivity index (χ1n) is 8.52. The summed E-state index contributed by atoms with van der Waals surface area (Å²) in [6.07, 6.45) is 4.47. The highest BCUT2D eigenvalue weighted by Gasteiger charge is 2.26. The van der Waals surface area contributed by atoms with E-state index in [0.29, 0.717) is 32.0 Å². The molecule has 0 fully saturated rings. The standard InChI is InChI=1S/C20H24N2O2/c1-24-13-12-22(15-18-7-4-5-11-21-18)20(23)14-17-10-9-16-6-2-3-8-19(16)17/h2-8,11,17H,9-10,12-15H2,1H3. The van der Waals surface area contributed by atoms with Gasteiger partial charge in [0.2, 0.25) is 5.91 Å². The molecule has 1 atom stereocenters. The monoisotopic (exact) mass is 324 g/mol. The van der Waals surface area contributed by atoms with Gasteiger partial charge in [-0.25, -0.2) is 0 Å². The topological polar surface area (TPSA) is 42.4 Å². The highest BCUT2D eigenvalue weighted by atomic mass is 16.5. The summed E-state index contributed by atoms with van der Waals surface area (Å²) < 4.78 is 5.17. The van der Waals surface area contributed by atoms with Crippen molar-refractivity contribution in [2.45, 2.75) is 31.7 Å². The fraction of sp³-hybridized carbons (Fsp3) is 0.400. The number of hydrogen-bond donors (Lipinski definition) is 0. The maximum Gasteiger partial charge on any atom is 0.223 e. The third-order valence-corrected chi connectivity index (χ3v) is 4.68. The first-order chi connectivity index (χ1) is 11.8. The van der Waals surface area contributed by atoms with Gasteiger partial charge in [0.15, 0.2) is 0 Å². The first-order valence-corrected chi connectivity index (χ1v) is 8.52. The van der Waals surface area contributed by atoms with E-state index in [2.05, 4.69) is 29.2 Å². The number of hydrogen-bond acceptors (Lipinski definition) is 3. The van der Waals surface area contributed by atoms with Crippen LogP contribution < -0.4 is 0 Å². The number of carbonyl (C=O) groups is 1. The van der Waals surface area contributed by atoms with E-state index >= 15 is 0 Å². The summed E-state index contributed by atoms with van der Waals surface area (Å²) in [6.45, 7) is 1.68. The van der Waals surface area contributed by atoms with Crippen LogP contribution in [0.15, 0.2) is 48.7 Å². The Hall–Kier alpha value is -2.20. The van der Waals surface area contributed by atoms with E-state index in [1.807, 2.05) is 23.1 Å². The lowest BCUT2D eigenvalue weighted by Crippen LogP contribution is -2.34. The summed E-state index contributed by atoms with van der Waals surface area (Å²) >= 11 is 0. The molecule has 1 aromatic carbocycles. The highest BCUT2D eigenvalue weighted by molar-refractivity contribution is 5.77. The predicted molar refractivity (Wildman–Crippen MR) is 93.7 cm³/mol. The molecule has 0 spiro atoms. The van der Waals surface area contributed by atoms with Gasteiger partial charge in [-0.2, -0.15) is 0 Å². The van der Waals surface area contributed by atoms with E-state index in [1.54, 1.807) is 13.3 Å². The third kappa shape index (κ3) is 4.01. The summed E-state index contributed by atoms with van der Waals surface area (Å²) in [5, 5.41) is 0. The zero-order chi connectivity index (χ0) is 16.8. The predicted octanol–water partition coefficient (Wildman–Crippen LogP) is 3.18. The van der Waals surface area contributed by atoms with Gasteiger partial charge >= 0.3 is 0 Å². The molecule has 0 N–H and O–H groups in total. The Morgan fingerprint density at radius 3 is 2.88 bits per heavy atom. The number of aromatic nitrogens is 1. The number of amides is 1. The van der Waals surface area contributed by atoms with Gasteiger partial charge in [-0.05, 0) is 42.0 Å². The van der Waals surface area contributed by atoms with Crippen molar-refractivity contribution in [1.82, 2.24) is 9.88 Å². The Kier molecular flexibility index (Phi) is 5.59. The minimum Gasteiger partial charge on any atom is -0.383 e. The number of ether oxygens (including phenoxy) is 1. The smallest absolute Gasteiger partial charge is 0.223 e. The average Bonchev–Trinajstić information content (AvgIpc) is 3.02. The first kappa shape index (κ1) is 16.7. The molecule has 1 aromatic heterocycles. The lowest BCUT2D eigenvalue weighted by Gasteiger charge is -2.24. The summed E-state index contributed by atoms with van der Waals surface area (Å²) in [5.41, 5.74) is 3.65. The van der Waals surface area contributed by atoms with Crippen LogP contribution >= 0.6 is 0 Å². The number of nitrogens with zero attached hydrogens (tertiary/aromatic N) is 2. The molecule has 4 nitrogen and oxygen atoms in total. The molecule has 24 heavy (non-hydrogen) atoms. The summed E-state index contributed by atoms with van der Waals surface area (Å²) in [4.78, 5) is 19.1. The van der Waals surface area contributed by atoms with Crippen LogP contribution in [0, 0.1) is 0 Å². The van der Waals surface area contributed by atoms with Crippen molar-refractivity contribution in [2.24, 2.45) is 0 Å². The molecule has 0 saturated carbocycles. The number of rotatable bonds is 7. The van der Waals surface area contributed by atoms with Gasteiger partial charge in [0.1, 0.15) is 0 Å². The van der Waals surface area contributed by atoms with Crippen molar-refractivity contribution in [1.29, 1.82) is 0 Å². The molecular formula is C20H24N2O2. The minimum atomic E-state index is 0.180. The van der Waals surface area contributed by atoms with E-state index in [-0.39, 0.29) is 5.91 Å². The van der Waals surface area contributed by atoms with Crippen LogP contribution in [0.2, 0.25) is 0 Å². The molecule has 1 amide bonds. The van der Waals surface area contributed by atoms with Crippen LogP contribution in [0.25, 0.3) is 0 Å². The average molecular weight is 324 g/mol. The second-order valence-corrected chi connectivity index (χ2v) is 6.27. The van der Waals surface area contributed by atoms with Gasteiger partial charge in [0, 0.05) is 26.3 Å². The quantitative estimate of drug-likeness (QED) is 0.785. The second-order valence-electron chi connectivity index (χ2n) is 6.27. The van der Waals surface area contributed by atoms with Crippen molar-refractivity contribution in [3.05, 3.63) is 65.5 Å². The maximum atomic E-state index is 12.9. The molecule has 0 bridgehead atoms. The van der Waals surface area contributed by atoms with Crippen LogP contribution in [-0.4, -0.2) is 36.1 Å². The number of fused-ring (bicyclic) bond motifs is 1. The van der Waals surface area contributed by atoms with E-state index in [4.69, 9.17) is 4.74 Å². The Morgan fingerprint density at radius 1 is 1.25 bits per heavy atom. The zero-order valence-corrected chi connectivity index (χ0v) is 14.1. The van der Waals surface area contributed by atoms with Gasteiger partial charge in [-0.15, -0.1) is 0 Å². The SMILES string of the molecule is COCCN(Cc1ccccn1)C(=O)CC1CCc2ccccc21. The van der Waals surface area contributed by atoms with Gasteiger partial charge in [-0.3, -0.25) is 9.78 Å². The fourth-order valence-corrected chi connectivity index (χ4v) is 3.38. The van der Waals surface area contributed by atoms with Crippen LogP contribution in [-0.2, 0) is 22.5 Å². The molecule has 3 rings (SSSR count). The molecular weight excluding hydrogens is 300 g/mol. The molecule has 1 heterocycles. The van der Waals surface area contributed by atoms with Crippen molar-refractivity contribution >= 4 is 5.91 Å². The lowest BCUT2D eigenvalue weighted by molar-refractivity contribution is -0.133. The third-order valence-electron chi connectivity index (χ3n) is 4.68. The lowest BCUT2D eigenvalue weighted by atomic mass is 9.97. The van der Waals surface area contributed by atoms with Crippen molar-refractivity contribution in [3.63, 3.8) is 0 Å². The molecule has 0 aliphatic heterocycles. The maximum absolute atomic E-state index is 12.9. The van der Waals surface area contributed by atoms with Gasteiger partial charge in [0.05, 0.1) is 18.8 Å². The van der Waals surface area contributed by atoms with E-state index in [1.165, 1.54) is 11.1 Å². The highest BCUT2D eigenvalue weighted by Crippen LogP contribution is 2.35. The molecule has 4 heteroatoms. The Balaban J connectivity index is 1.67. The Morgan fingerprint density at radius 2 is 2.08 bits per heavy atom. The van der Waals surface area contributed by atoms with Crippen LogP contribution in [0.5, 0.6) is 0 Å². The molecule has 2 aromatic rings. The number of carbonyl (C=O) groups excluding carboxylic acids is 1. The molecule has 1 unspecified atom stereocenters. The summed E-state index contributed by atoms with van der Waals surface area (Å²) in [6, 6.07) is 14.3. The largest absolute Gasteiger partial charge is 0.383 e. The van der Waals surface area contributed by atoms with Crippen molar-refractivity contribution in [3.8, 4) is 0 Å². The molecule has 0 saturated heterocycles. The number of aryl methyl sites for hydroxylation is 1. The molecule has 1 aliphatic carbocycles. The minimum absolute atomic E-state index is 0.180. The molecule has 1 aliphatic rings.